The number of nitrogen functional groups attached to an aromatic ring is 1. The minimum absolute atomic E-state index is 0.105. The SMILES string of the molecule is Cc1cc(N)nc(-c2c(Cl)cc3c(N4CCC(N(C)C(=O)n5cc(C6CC6)nn5)C[C@@H]4C)nc(OCC4(CN(C)C)CC4)nc3c2F)c1C(F)(F)F. The summed E-state index contributed by atoms with van der Waals surface area (Å²) in [6.45, 7) is 4.67. The number of nitrogens with zero attached hydrogens (tertiary/aromatic N) is 9. The molecule has 1 aromatic carbocycles. The lowest BCUT2D eigenvalue weighted by molar-refractivity contribution is -0.137. The van der Waals surface area contributed by atoms with Crippen LogP contribution >= 0.6 is 11.6 Å². The van der Waals surface area contributed by atoms with Crippen LogP contribution in [0.5, 0.6) is 6.01 Å². The number of aryl methyl sites for hydroxylation is 1. The van der Waals surface area contributed by atoms with E-state index in [1.807, 2.05) is 25.9 Å². The van der Waals surface area contributed by atoms with Gasteiger partial charge in [0.05, 0.1) is 40.3 Å². The molecular formula is C35H41ClF4N10O2. The summed E-state index contributed by atoms with van der Waals surface area (Å²) in [7, 11) is 5.68. The average Bonchev–Trinajstić information content (AvgIpc) is 4.00. The number of hydrogen-bond donors (Lipinski definition) is 1. The van der Waals surface area contributed by atoms with Crippen molar-refractivity contribution in [1.82, 2.24) is 39.7 Å². The van der Waals surface area contributed by atoms with Gasteiger partial charge in [-0.2, -0.15) is 27.8 Å². The molecule has 2 atom stereocenters. The van der Waals surface area contributed by atoms with Gasteiger partial charge in [-0.15, -0.1) is 5.10 Å². The molecule has 3 aromatic heterocycles. The van der Waals surface area contributed by atoms with Crippen LogP contribution in [0, 0.1) is 18.2 Å². The van der Waals surface area contributed by atoms with E-state index < -0.39 is 28.8 Å². The van der Waals surface area contributed by atoms with E-state index in [0.29, 0.717) is 31.1 Å². The zero-order chi connectivity index (χ0) is 37.3. The number of fused-ring (bicyclic) bond motifs is 1. The first-order valence-electron chi connectivity index (χ1n) is 17.3. The summed E-state index contributed by atoms with van der Waals surface area (Å²) in [5.74, 6) is -0.629. The molecule has 1 amide bonds. The number of aromatic nitrogens is 6. The van der Waals surface area contributed by atoms with Crippen molar-refractivity contribution in [2.45, 2.75) is 76.6 Å². The first kappa shape index (κ1) is 36.1. The molecule has 0 bridgehead atoms. The van der Waals surface area contributed by atoms with Crippen LogP contribution in [0.3, 0.4) is 0 Å². The standard InChI is InChI=1S/C35H41ClF4N10O2/c1-18-12-25(41)42-30(27(18)35(38,39)40)26-23(36)14-22-29(28(26)37)43-32(52-17-34(9-10-34)16-47(3)4)44-31(22)49-11-8-21(13-19(49)2)48(5)33(51)50-15-24(45-46-50)20-6-7-20/h12,14-15,19-21H,6-11,13,16-17H2,1-5H3,(H2,41,42)/t19-,21?/m0/s1. The van der Waals surface area contributed by atoms with Crippen LogP contribution in [-0.4, -0.2) is 98.7 Å². The summed E-state index contributed by atoms with van der Waals surface area (Å²) in [6, 6.07) is 1.71. The first-order valence-corrected chi connectivity index (χ1v) is 17.7. The minimum Gasteiger partial charge on any atom is -0.463 e. The van der Waals surface area contributed by atoms with Crippen LogP contribution in [0.1, 0.15) is 68.2 Å². The summed E-state index contributed by atoms with van der Waals surface area (Å²) in [5, 5.41) is 8.12. The zero-order valence-corrected chi connectivity index (χ0v) is 30.4. The molecule has 0 spiro atoms. The number of alkyl halides is 3. The van der Waals surface area contributed by atoms with Gasteiger partial charge in [0.1, 0.15) is 17.2 Å². The molecule has 2 aliphatic carbocycles. The second-order valence-electron chi connectivity index (χ2n) is 14.9. The van der Waals surface area contributed by atoms with Crippen molar-refractivity contribution in [2.24, 2.45) is 5.41 Å². The Bertz CT molecular complexity index is 2030. The predicted molar refractivity (Wildman–Crippen MR) is 188 cm³/mol. The third kappa shape index (κ3) is 6.94. The van der Waals surface area contributed by atoms with Crippen molar-refractivity contribution in [2.75, 3.05) is 51.5 Å². The maximum Gasteiger partial charge on any atom is 0.418 e. The lowest BCUT2D eigenvalue weighted by Crippen LogP contribution is -2.50. The number of carbonyl (C=O) groups excluding carboxylic acids is 1. The second-order valence-corrected chi connectivity index (χ2v) is 15.3. The molecule has 2 saturated carbocycles. The summed E-state index contributed by atoms with van der Waals surface area (Å²) >= 11 is 6.66. The topological polar surface area (TPSA) is 131 Å². The summed E-state index contributed by atoms with van der Waals surface area (Å²) in [5.41, 5.74) is 3.67. The molecule has 3 aliphatic rings. The van der Waals surface area contributed by atoms with E-state index in [1.165, 1.54) is 17.7 Å². The lowest BCUT2D eigenvalue weighted by Gasteiger charge is -2.41. The lowest BCUT2D eigenvalue weighted by atomic mass is 9.96. The van der Waals surface area contributed by atoms with Crippen LogP contribution in [-0.2, 0) is 6.18 Å². The van der Waals surface area contributed by atoms with E-state index in [4.69, 9.17) is 27.1 Å². The number of anilines is 2. The number of piperidine rings is 1. The Hall–Kier alpha value is -4.31. The molecule has 3 fully saturated rings. The number of nitrogens with two attached hydrogens (primary N) is 1. The quantitative estimate of drug-likeness (QED) is 0.189. The molecule has 7 rings (SSSR count). The Balaban J connectivity index is 1.26. The molecule has 1 unspecified atom stereocenters. The molecule has 12 nitrogen and oxygen atoms in total. The molecule has 2 N–H and O–H groups in total. The first-order chi connectivity index (χ1) is 24.5. The molecule has 4 heterocycles. The normalized spacial score (nSPS) is 20.1. The van der Waals surface area contributed by atoms with Gasteiger partial charge >= 0.3 is 18.2 Å². The Labute approximate surface area is 303 Å². The fourth-order valence-corrected chi connectivity index (χ4v) is 7.66. The van der Waals surface area contributed by atoms with Crippen LogP contribution < -0.4 is 15.4 Å². The minimum atomic E-state index is -4.87. The van der Waals surface area contributed by atoms with Gasteiger partial charge in [0, 0.05) is 48.9 Å². The van der Waals surface area contributed by atoms with E-state index in [9.17, 15) is 18.0 Å². The predicted octanol–water partition coefficient (Wildman–Crippen LogP) is 6.54. The van der Waals surface area contributed by atoms with Gasteiger partial charge in [-0.1, -0.05) is 16.8 Å². The third-order valence-electron chi connectivity index (χ3n) is 10.4. The summed E-state index contributed by atoms with van der Waals surface area (Å²) in [6.07, 6.45) is 1.86. The van der Waals surface area contributed by atoms with Crippen molar-refractivity contribution in [3.8, 4) is 17.3 Å². The van der Waals surface area contributed by atoms with E-state index in [1.54, 1.807) is 18.1 Å². The van der Waals surface area contributed by atoms with E-state index in [0.717, 1.165) is 44.0 Å². The second kappa shape index (κ2) is 13.3. The fourth-order valence-electron chi connectivity index (χ4n) is 7.38. The van der Waals surface area contributed by atoms with Gasteiger partial charge in [0.2, 0.25) is 0 Å². The fraction of sp³-hybridized carbons (Fsp3) is 0.543. The third-order valence-corrected chi connectivity index (χ3v) is 10.7. The number of rotatable bonds is 9. The molecule has 4 aromatic rings. The summed E-state index contributed by atoms with van der Waals surface area (Å²) < 4.78 is 67.4. The molecule has 1 aliphatic heterocycles. The highest BCUT2D eigenvalue weighted by molar-refractivity contribution is 6.34. The average molecular weight is 745 g/mol. The van der Waals surface area contributed by atoms with Crippen molar-refractivity contribution in [3.05, 3.63) is 46.0 Å². The molecule has 52 heavy (non-hydrogen) atoms. The van der Waals surface area contributed by atoms with Gasteiger partial charge in [-0.25, -0.2) is 14.2 Å². The number of ether oxygens (including phenoxy) is 1. The number of carbonyl (C=O) groups is 1. The van der Waals surface area contributed by atoms with Gasteiger partial charge in [-0.3, -0.25) is 0 Å². The number of pyridine rings is 1. The van der Waals surface area contributed by atoms with E-state index in [-0.39, 0.29) is 63.5 Å². The smallest absolute Gasteiger partial charge is 0.418 e. The monoisotopic (exact) mass is 744 g/mol. The van der Waals surface area contributed by atoms with Crippen LogP contribution in [0.25, 0.3) is 22.2 Å². The molecule has 0 radical (unpaired) electrons. The van der Waals surface area contributed by atoms with Gasteiger partial charge in [0.25, 0.3) is 0 Å². The van der Waals surface area contributed by atoms with Crippen molar-refractivity contribution >= 4 is 40.2 Å². The van der Waals surface area contributed by atoms with Crippen LogP contribution in [0.15, 0.2) is 18.3 Å². The van der Waals surface area contributed by atoms with E-state index in [2.05, 4.69) is 25.2 Å². The number of hydrogen-bond acceptors (Lipinski definition) is 10. The Morgan fingerprint density at radius 1 is 1.13 bits per heavy atom. The van der Waals surface area contributed by atoms with Crippen LogP contribution in [0.2, 0.25) is 5.02 Å². The molecular weight excluding hydrogens is 704 g/mol. The van der Waals surface area contributed by atoms with Crippen molar-refractivity contribution in [1.29, 1.82) is 0 Å². The highest BCUT2D eigenvalue weighted by Crippen LogP contribution is 2.47. The largest absolute Gasteiger partial charge is 0.463 e. The molecule has 1 saturated heterocycles. The van der Waals surface area contributed by atoms with Gasteiger partial charge in [-0.05, 0) is 84.2 Å². The van der Waals surface area contributed by atoms with Crippen molar-refractivity contribution in [3.63, 3.8) is 0 Å². The number of amides is 1. The zero-order valence-electron chi connectivity index (χ0n) is 29.6. The molecule has 17 heteroatoms. The number of halogens is 5. The van der Waals surface area contributed by atoms with Crippen molar-refractivity contribution < 1.29 is 27.1 Å². The maximum absolute atomic E-state index is 16.8. The highest BCUT2D eigenvalue weighted by atomic mass is 35.5. The van der Waals surface area contributed by atoms with Gasteiger partial charge in [0.15, 0.2) is 5.82 Å². The summed E-state index contributed by atoms with van der Waals surface area (Å²) in [4.78, 5) is 32.2. The number of benzene rings is 1. The Morgan fingerprint density at radius 2 is 1.87 bits per heavy atom. The Morgan fingerprint density at radius 3 is 2.50 bits per heavy atom. The van der Waals surface area contributed by atoms with E-state index >= 15 is 4.39 Å². The van der Waals surface area contributed by atoms with Crippen LogP contribution in [0.4, 0.5) is 34.0 Å². The maximum atomic E-state index is 16.8. The Kier molecular flexibility index (Phi) is 9.21. The molecule has 278 valence electrons. The van der Waals surface area contributed by atoms with Gasteiger partial charge < -0.3 is 25.2 Å². The highest BCUT2D eigenvalue weighted by Gasteiger charge is 2.44.